The molecule has 0 amide bonds. The summed E-state index contributed by atoms with van der Waals surface area (Å²) in [5.41, 5.74) is 1.54. The van der Waals surface area contributed by atoms with Crippen molar-refractivity contribution >= 4 is 12.4 Å². The Morgan fingerprint density at radius 1 is 1.00 bits per heavy atom. The second kappa shape index (κ2) is 7.14. The minimum absolute atomic E-state index is 0.392. The van der Waals surface area contributed by atoms with Crippen molar-refractivity contribution in [1.29, 1.82) is 0 Å². The van der Waals surface area contributed by atoms with Crippen LogP contribution in [0.3, 0.4) is 0 Å². The van der Waals surface area contributed by atoms with E-state index in [0.29, 0.717) is 23.7 Å². The van der Waals surface area contributed by atoms with Gasteiger partial charge in [0.05, 0.1) is 12.7 Å². The van der Waals surface area contributed by atoms with Crippen molar-refractivity contribution in [1.82, 2.24) is 0 Å². The van der Waals surface area contributed by atoms with Crippen molar-refractivity contribution in [2.24, 2.45) is 0 Å². The van der Waals surface area contributed by atoms with E-state index in [1.807, 2.05) is 42.5 Å². The quantitative estimate of drug-likeness (QED) is 0.751. The third-order valence-electron chi connectivity index (χ3n) is 2.81. The molecule has 2 aromatic rings. The molecular weight excluding hydrogens is 252 g/mol. The summed E-state index contributed by atoms with van der Waals surface area (Å²) in [7, 11) is 1.53. The first-order chi connectivity index (χ1) is 9.85. The Bertz CT molecular complexity index is 588. The van der Waals surface area contributed by atoms with Crippen LogP contribution in [0.5, 0.6) is 11.5 Å². The Hall–Kier alpha value is -2.55. The summed E-state index contributed by atoms with van der Waals surface area (Å²) < 4.78 is 10.7. The van der Waals surface area contributed by atoms with E-state index in [9.17, 15) is 4.79 Å². The fraction of sp³-hybridized carbons (Fsp3) is 0.118. The van der Waals surface area contributed by atoms with E-state index in [2.05, 4.69) is 0 Å². The molecule has 0 aliphatic heterocycles. The molecule has 0 aromatic heterocycles. The monoisotopic (exact) mass is 268 g/mol. The van der Waals surface area contributed by atoms with Crippen molar-refractivity contribution in [2.45, 2.75) is 0 Å². The molecule has 0 heterocycles. The van der Waals surface area contributed by atoms with Crippen molar-refractivity contribution < 1.29 is 14.3 Å². The Balaban J connectivity index is 2.01. The molecule has 0 fully saturated rings. The first-order valence-corrected chi connectivity index (χ1v) is 6.31. The highest BCUT2D eigenvalue weighted by Gasteiger charge is 2.08. The number of aldehydes is 1. The van der Waals surface area contributed by atoms with E-state index in [1.165, 1.54) is 7.11 Å². The van der Waals surface area contributed by atoms with Crippen molar-refractivity contribution in [2.75, 3.05) is 13.7 Å². The molecule has 20 heavy (non-hydrogen) atoms. The van der Waals surface area contributed by atoms with Crippen LogP contribution in [0.1, 0.15) is 15.9 Å². The molecule has 0 radical (unpaired) electrons. The van der Waals surface area contributed by atoms with Crippen LogP contribution in [0.2, 0.25) is 0 Å². The second-order valence-electron chi connectivity index (χ2n) is 4.11. The van der Waals surface area contributed by atoms with E-state index in [0.717, 1.165) is 11.8 Å². The normalized spacial score (nSPS) is 10.4. The first-order valence-electron chi connectivity index (χ1n) is 6.31. The van der Waals surface area contributed by atoms with Gasteiger partial charge in [0.1, 0.15) is 18.1 Å². The molecule has 102 valence electrons. The van der Waals surface area contributed by atoms with Gasteiger partial charge in [0, 0.05) is 0 Å². The maximum absolute atomic E-state index is 11.1. The fourth-order valence-corrected chi connectivity index (χ4v) is 1.83. The fourth-order valence-electron chi connectivity index (χ4n) is 1.83. The summed E-state index contributed by atoms with van der Waals surface area (Å²) in [6.45, 7) is 0.392. The van der Waals surface area contributed by atoms with Crippen LogP contribution in [-0.4, -0.2) is 20.0 Å². The Labute approximate surface area is 118 Å². The van der Waals surface area contributed by atoms with Crippen LogP contribution in [0, 0.1) is 0 Å². The van der Waals surface area contributed by atoms with E-state index < -0.39 is 0 Å². The van der Waals surface area contributed by atoms with E-state index in [-0.39, 0.29) is 0 Å². The van der Waals surface area contributed by atoms with Crippen molar-refractivity contribution in [3.8, 4) is 11.5 Å². The number of rotatable bonds is 6. The van der Waals surface area contributed by atoms with Gasteiger partial charge in [-0.1, -0.05) is 42.5 Å². The van der Waals surface area contributed by atoms with Crippen molar-refractivity contribution in [3.63, 3.8) is 0 Å². The minimum Gasteiger partial charge on any atom is -0.496 e. The van der Waals surface area contributed by atoms with Crippen LogP contribution in [0.25, 0.3) is 6.08 Å². The summed E-state index contributed by atoms with van der Waals surface area (Å²) in [4.78, 5) is 11.1. The minimum atomic E-state index is 0.392. The predicted octanol–water partition coefficient (Wildman–Crippen LogP) is 3.60. The number of carbonyl (C=O) groups is 1. The SMILES string of the molecule is COc1cccc(OCC=Cc2ccccc2)c1C=O. The Morgan fingerprint density at radius 2 is 1.75 bits per heavy atom. The molecule has 0 N–H and O–H groups in total. The van der Waals surface area contributed by atoms with Gasteiger partial charge in [-0.2, -0.15) is 0 Å². The van der Waals surface area contributed by atoms with Gasteiger partial charge in [-0.3, -0.25) is 4.79 Å². The summed E-state index contributed by atoms with van der Waals surface area (Å²) in [6, 6.07) is 15.2. The molecule has 0 aliphatic rings. The topological polar surface area (TPSA) is 35.5 Å². The molecule has 3 nitrogen and oxygen atoms in total. The lowest BCUT2D eigenvalue weighted by atomic mass is 10.2. The highest BCUT2D eigenvalue weighted by molar-refractivity contribution is 5.83. The molecule has 0 spiro atoms. The maximum atomic E-state index is 11.1. The Morgan fingerprint density at radius 3 is 2.45 bits per heavy atom. The zero-order valence-corrected chi connectivity index (χ0v) is 11.3. The summed E-state index contributed by atoms with van der Waals surface area (Å²) in [5.74, 6) is 1.04. The van der Waals surface area contributed by atoms with Gasteiger partial charge >= 0.3 is 0 Å². The molecule has 0 aliphatic carbocycles. The molecule has 0 atom stereocenters. The average Bonchev–Trinajstić information content (AvgIpc) is 2.52. The van der Waals surface area contributed by atoms with Gasteiger partial charge < -0.3 is 9.47 Å². The average molecular weight is 268 g/mol. The van der Waals surface area contributed by atoms with Crippen molar-refractivity contribution in [3.05, 3.63) is 65.7 Å². The number of benzene rings is 2. The number of carbonyl (C=O) groups excluding carboxylic acids is 1. The summed E-state index contributed by atoms with van der Waals surface area (Å²) in [5, 5.41) is 0. The zero-order valence-electron chi connectivity index (χ0n) is 11.3. The van der Waals surface area contributed by atoms with Gasteiger partial charge in [-0.05, 0) is 23.8 Å². The lowest BCUT2D eigenvalue weighted by Crippen LogP contribution is -1.99. The molecular formula is C17H16O3. The van der Waals surface area contributed by atoms with Crippen LogP contribution >= 0.6 is 0 Å². The maximum Gasteiger partial charge on any atom is 0.157 e. The highest BCUT2D eigenvalue weighted by Crippen LogP contribution is 2.26. The molecule has 0 saturated heterocycles. The lowest BCUT2D eigenvalue weighted by Gasteiger charge is -2.09. The predicted molar refractivity (Wildman–Crippen MR) is 79.4 cm³/mol. The van der Waals surface area contributed by atoms with Gasteiger partial charge in [-0.15, -0.1) is 0 Å². The van der Waals surface area contributed by atoms with E-state index >= 15 is 0 Å². The van der Waals surface area contributed by atoms with Gasteiger partial charge in [0.2, 0.25) is 0 Å². The van der Waals surface area contributed by atoms with Crippen LogP contribution in [-0.2, 0) is 0 Å². The molecule has 2 rings (SSSR count). The smallest absolute Gasteiger partial charge is 0.157 e. The molecule has 0 bridgehead atoms. The van der Waals surface area contributed by atoms with Crippen LogP contribution in [0.4, 0.5) is 0 Å². The zero-order chi connectivity index (χ0) is 14.2. The van der Waals surface area contributed by atoms with Gasteiger partial charge in [-0.25, -0.2) is 0 Å². The molecule has 0 unspecified atom stereocenters. The van der Waals surface area contributed by atoms with Gasteiger partial charge in [0.25, 0.3) is 0 Å². The number of ether oxygens (including phenoxy) is 2. The highest BCUT2D eigenvalue weighted by atomic mass is 16.5. The van der Waals surface area contributed by atoms with E-state index in [4.69, 9.17) is 9.47 Å². The molecule has 0 saturated carbocycles. The molecule has 2 aromatic carbocycles. The second-order valence-corrected chi connectivity index (χ2v) is 4.11. The summed E-state index contributed by atoms with van der Waals surface area (Å²) in [6.07, 6.45) is 4.62. The summed E-state index contributed by atoms with van der Waals surface area (Å²) >= 11 is 0. The number of methoxy groups -OCH3 is 1. The van der Waals surface area contributed by atoms with Crippen LogP contribution in [0.15, 0.2) is 54.6 Å². The number of hydrogen-bond acceptors (Lipinski definition) is 3. The van der Waals surface area contributed by atoms with Gasteiger partial charge in [0.15, 0.2) is 6.29 Å². The first kappa shape index (κ1) is 13.9. The standard InChI is InChI=1S/C17H16O3/c1-19-16-10-5-11-17(15(16)13-18)20-12-6-9-14-7-3-2-4-8-14/h2-11,13H,12H2,1H3. The largest absolute Gasteiger partial charge is 0.496 e. The third-order valence-corrected chi connectivity index (χ3v) is 2.81. The lowest BCUT2D eigenvalue weighted by molar-refractivity contribution is 0.111. The number of hydrogen-bond donors (Lipinski definition) is 0. The molecule has 3 heteroatoms. The van der Waals surface area contributed by atoms with E-state index in [1.54, 1.807) is 18.2 Å². The third kappa shape index (κ3) is 3.48. The Kier molecular flexibility index (Phi) is 4.95. The van der Waals surface area contributed by atoms with Crippen LogP contribution < -0.4 is 9.47 Å².